The molecule has 4 aliphatic carbocycles. The van der Waals surface area contributed by atoms with Crippen LogP contribution in [0.15, 0.2) is 0 Å². The number of hydrogen-bond acceptors (Lipinski definition) is 0. The van der Waals surface area contributed by atoms with Crippen LogP contribution >= 0.6 is 0 Å². The molecule has 4 fully saturated rings. The van der Waals surface area contributed by atoms with Gasteiger partial charge in [-0.25, -0.2) is 0 Å². The van der Waals surface area contributed by atoms with Gasteiger partial charge in [0.15, 0.2) is 0 Å². The minimum atomic E-state index is 0.977. The summed E-state index contributed by atoms with van der Waals surface area (Å²) in [6, 6.07) is 0. The third-order valence-corrected chi connectivity index (χ3v) is 3.99. The van der Waals surface area contributed by atoms with Crippen LogP contribution in [-0.4, -0.2) is 0 Å². The van der Waals surface area contributed by atoms with Crippen LogP contribution < -0.4 is 0 Å². The van der Waals surface area contributed by atoms with Gasteiger partial charge in [-0.05, 0) is 49.4 Å². The number of rotatable bonds is 0. The van der Waals surface area contributed by atoms with Crippen molar-refractivity contribution >= 4 is 0 Å². The van der Waals surface area contributed by atoms with Gasteiger partial charge in [-0.3, -0.25) is 0 Å². The second-order valence-electron chi connectivity index (χ2n) is 4.01. The van der Waals surface area contributed by atoms with Crippen molar-refractivity contribution in [2.75, 3.05) is 0 Å². The highest BCUT2D eigenvalue weighted by Gasteiger charge is 2.63. The predicted molar refractivity (Wildman–Crippen MR) is 32.5 cm³/mol. The molecule has 4 rings (SSSR count). The Morgan fingerprint density at radius 3 is 2.25 bits per heavy atom. The zero-order valence-corrected chi connectivity index (χ0v) is 5.19. The van der Waals surface area contributed by atoms with Gasteiger partial charge >= 0.3 is 0 Å². The molecule has 0 nitrogen and oxygen atoms in total. The Bertz CT molecular complexity index is 135. The van der Waals surface area contributed by atoms with Crippen LogP contribution in [0, 0.1) is 17.3 Å². The van der Waals surface area contributed by atoms with Gasteiger partial charge < -0.3 is 0 Å². The van der Waals surface area contributed by atoms with Gasteiger partial charge in [0, 0.05) is 0 Å². The molecule has 0 amide bonds. The van der Waals surface area contributed by atoms with Crippen LogP contribution in [0.25, 0.3) is 0 Å². The molecule has 44 valence electrons. The fraction of sp³-hybridized carbons (Fsp3) is 1.00. The molecule has 0 heterocycles. The summed E-state index contributed by atoms with van der Waals surface area (Å²) in [6.07, 6.45) is 7.99. The normalized spacial score (nSPS) is 66.0. The maximum atomic E-state index is 1.62. The van der Waals surface area contributed by atoms with E-state index in [1.807, 2.05) is 0 Å². The second-order valence-corrected chi connectivity index (χ2v) is 4.01. The van der Waals surface area contributed by atoms with E-state index in [9.17, 15) is 0 Å². The third kappa shape index (κ3) is 0.206. The lowest BCUT2D eigenvalue weighted by molar-refractivity contribution is -0.0712. The van der Waals surface area contributed by atoms with E-state index < -0.39 is 0 Å². The van der Waals surface area contributed by atoms with Crippen LogP contribution in [0.5, 0.6) is 0 Å². The summed E-state index contributed by atoms with van der Waals surface area (Å²) < 4.78 is 0. The monoisotopic (exact) mass is 108 g/mol. The first-order valence-corrected chi connectivity index (χ1v) is 3.91. The Kier molecular flexibility index (Phi) is 0.427. The topological polar surface area (TPSA) is 0 Å². The average molecular weight is 108 g/mol. The van der Waals surface area contributed by atoms with E-state index in [1.165, 1.54) is 11.8 Å². The highest BCUT2D eigenvalue weighted by atomic mass is 14.7. The average Bonchev–Trinajstić information content (AvgIpc) is 2.19. The van der Waals surface area contributed by atoms with Gasteiger partial charge in [0.25, 0.3) is 0 Å². The van der Waals surface area contributed by atoms with Crippen molar-refractivity contribution in [3.63, 3.8) is 0 Å². The van der Waals surface area contributed by atoms with Crippen molar-refractivity contribution in [2.45, 2.75) is 32.1 Å². The molecule has 4 saturated carbocycles. The molecule has 8 heavy (non-hydrogen) atoms. The molecule has 3 unspecified atom stereocenters. The first kappa shape index (κ1) is 3.92. The summed E-state index contributed by atoms with van der Waals surface area (Å²) in [5, 5.41) is 0. The van der Waals surface area contributed by atoms with Crippen molar-refractivity contribution in [3.8, 4) is 0 Å². The zero-order chi connectivity index (χ0) is 5.19. The van der Waals surface area contributed by atoms with Crippen molar-refractivity contribution in [1.82, 2.24) is 0 Å². The first-order chi connectivity index (χ1) is 3.91. The molecule has 0 aromatic carbocycles. The summed E-state index contributed by atoms with van der Waals surface area (Å²) in [4.78, 5) is 0. The smallest absolute Gasteiger partial charge is 0.0264 e. The fourth-order valence-corrected chi connectivity index (χ4v) is 3.40. The van der Waals surface area contributed by atoms with E-state index in [4.69, 9.17) is 0 Å². The third-order valence-electron chi connectivity index (χ3n) is 3.99. The molecule has 0 aromatic heterocycles. The fourth-order valence-electron chi connectivity index (χ4n) is 3.40. The Morgan fingerprint density at radius 2 is 2.00 bits per heavy atom. The molecular formula is C8H12. The Hall–Kier alpha value is 0. The van der Waals surface area contributed by atoms with Gasteiger partial charge in [-0.15, -0.1) is 0 Å². The molecular weight excluding hydrogens is 96.1 g/mol. The van der Waals surface area contributed by atoms with E-state index >= 15 is 0 Å². The zero-order valence-electron chi connectivity index (χ0n) is 5.19. The van der Waals surface area contributed by atoms with E-state index in [-0.39, 0.29) is 0 Å². The maximum Gasteiger partial charge on any atom is -0.0264 e. The lowest BCUT2D eigenvalue weighted by Crippen LogP contribution is -2.48. The summed E-state index contributed by atoms with van der Waals surface area (Å²) in [6.45, 7) is 0. The van der Waals surface area contributed by atoms with Crippen LogP contribution in [-0.2, 0) is 0 Å². The van der Waals surface area contributed by atoms with E-state index in [1.54, 1.807) is 32.1 Å². The standard InChI is InChI=1S/C8H12/c1-3-8-4-2-7(8)6(1)5-8/h6-7H,1-5H2. The molecule has 0 aromatic rings. The lowest BCUT2D eigenvalue weighted by atomic mass is 9.48. The van der Waals surface area contributed by atoms with Crippen molar-refractivity contribution < 1.29 is 0 Å². The summed E-state index contributed by atoms with van der Waals surface area (Å²) in [7, 11) is 0. The van der Waals surface area contributed by atoms with Crippen molar-refractivity contribution in [1.29, 1.82) is 0 Å². The Balaban J connectivity index is 2.05. The highest BCUT2D eigenvalue weighted by molar-refractivity contribution is 5.13. The molecule has 1 spiro atoms. The van der Waals surface area contributed by atoms with Gasteiger partial charge in [0.05, 0.1) is 0 Å². The van der Waals surface area contributed by atoms with Crippen molar-refractivity contribution in [3.05, 3.63) is 0 Å². The van der Waals surface area contributed by atoms with Gasteiger partial charge in [0.2, 0.25) is 0 Å². The van der Waals surface area contributed by atoms with Crippen molar-refractivity contribution in [2.24, 2.45) is 17.3 Å². The lowest BCUT2D eigenvalue weighted by Gasteiger charge is -2.57. The Morgan fingerprint density at radius 1 is 1.12 bits per heavy atom. The largest absolute Gasteiger partial charge is 0.0496 e. The molecule has 0 saturated heterocycles. The molecule has 0 aliphatic heterocycles. The highest BCUT2D eigenvalue weighted by Crippen LogP contribution is 2.73. The second kappa shape index (κ2) is 0.872. The number of fused-ring (bicyclic) bond motifs is 1. The molecule has 0 heteroatoms. The Labute approximate surface area is 50.3 Å². The van der Waals surface area contributed by atoms with Crippen LogP contribution in [0.4, 0.5) is 0 Å². The molecule has 2 bridgehead atoms. The van der Waals surface area contributed by atoms with Crippen LogP contribution in [0.1, 0.15) is 32.1 Å². The quantitative estimate of drug-likeness (QED) is 0.446. The molecule has 4 aliphatic rings. The van der Waals surface area contributed by atoms with E-state index in [0.717, 1.165) is 5.41 Å². The summed E-state index contributed by atoms with van der Waals surface area (Å²) in [5.41, 5.74) is 0.977. The summed E-state index contributed by atoms with van der Waals surface area (Å²) in [5.74, 6) is 2.45. The van der Waals surface area contributed by atoms with E-state index in [2.05, 4.69) is 0 Å². The van der Waals surface area contributed by atoms with Gasteiger partial charge in [0.1, 0.15) is 0 Å². The van der Waals surface area contributed by atoms with E-state index in [0.29, 0.717) is 0 Å². The number of hydrogen-bond donors (Lipinski definition) is 0. The molecule has 3 atom stereocenters. The van der Waals surface area contributed by atoms with Gasteiger partial charge in [-0.2, -0.15) is 0 Å². The first-order valence-electron chi connectivity index (χ1n) is 3.91. The maximum absolute atomic E-state index is 1.62. The molecule has 0 radical (unpaired) electrons. The predicted octanol–water partition coefficient (Wildman–Crippen LogP) is 2.20. The molecule has 0 N–H and O–H groups in total. The minimum absolute atomic E-state index is 0.977. The SMILES string of the molecule is C1CC23CCC2C1C3. The van der Waals surface area contributed by atoms with Gasteiger partial charge in [-0.1, -0.05) is 0 Å². The summed E-state index contributed by atoms with van der Waals surface area (Å²) >= 11 is 0. The van der Waals surface area contributed by atoms with Crippen LogP contribution in [0.2, 0.25) is 0 Å². The van der Waals surface area contributed by atoms with Crippen LogP contribution in [0.3, 0.4) is 0 Å². The minimum Gasteiger partial charge on any atom is -0.0496 e.